The summed E-state index contributed by atoms with van der Waals surface area (Å²) in [7, 11) is -4.15. The largest absolute Gasteiger partial charge is 0.329 e. The van der Waals surface area contributed by atoms with Crippen molar-refractivity contribution in [3.05, 3.63) is 60.2 Å². The fraction of sp³-hybridized carbons (Fsp3) is 0.222. The third kappa shape index (κ3) is 3.94. The van der Waals surface area contributed by atoms with Gasteiger partial charge in [0.05, 0.1) is 23.8 Å². The molecule has 8 heteroatoms. The van der Waals surface area contributed by atoms with Crippen molar-refractivity contribution in [2.24, 2.45) is 0 Å². The number of hydrogen-bond donors (Lipinski definition) is 2. The summed E-state index contributed by atoms with van der Waals surface area (Å²) in [5.74, 6) is 0. The fourth-order valence-corrected chi connectivity index (χ4v) is 3.67. The highest BCUT2D eigenvalue weighted by Crippen LogP contribution is 2.38. The molecule has 1 unspecified atom stereocenters. The molecule has 7 nitrogen and oxygen atoms in total. The number of amides is 2. The Labute approximate surface area is 151 Å². The lowest BCUT2D eigenvalue weighted by Crippen LogP contribution is -2.35. The predicted octanol–water partition coefficient (Wildman–Crippen LogP) is 2.94. The van der Waals surface area contributed by atoms with Crippen LogP contribution in [-0.2, 0) is 4.57 Å². The van der Waals surface area contributed by atoms with E-state index in [1.54, 1.807) is 46.2 Å². The van der Waals surface area contributed by atoms with Gasteiger partial charge in [0.15, 0.2) is 0 Å². The number of hydrogen-bond acceptors (Lipinski definition) is 3. The van der Waals surface area contributed by atoms with Gasteiger partial charge in [0.1, 0.15) is 0 Å². The highest BCUT2D eigenvalue weighted by atomic mass is 31.2. The second-order valence-electron chi connectivity index (χ2n) is 6.09. The van der Waals surface area contributed by atoms with Crippen LogP contribution in [0.25, 0.3) is 0 Å². The summed E-state index contributed by atoms with van der Waals surface area (Å²) in [4.78, 5) is 34.5. The Morgan fingerprint density at radius 2 is 1.73 bits per heavy atom. The fourth-order valence-electron chi connectivity index (χ4n) is 3.04. The van der Waals surface area contributed by atoms with Gasteiger partial charge in [-0.15, -0.1) is 0 Å². The summed E-state index contributed by atoms with van der Waals surface area (Å²) in [5, 5.41) is 8.91. The maximum atomic E-state index is 13.0. The number of carbonyl (C=O) groups excluding carboxylic acids is 1. The van der Waals surface area contributed by atoms with Gasteiger partial charge >= 0.3 is 13.6 Å². The summed E-state index contributed by atoms with van der Waals surface area (Å²) in [5.41, 5.74) is 1.83. The highest BCUT2D eigenvalue weighted by Gasteiger charge is 2.39. The van der Waals surface area contributed by atoms with Crippen molar-refractivity contribution in [1.29, 1.82) is 5.26 Å². The molecule has 3 rings (SSSR count). The quantitative estimate of drug-likeness (QED) is 0.786. The molecule has 2 aromatic rings. The number of nitrogens with zero attached hydrogens (tertiary/aromatic N) is 3. The molecule has 2 N–H and O–H groups in total. The molecule has 0 aliphatic carbocycles. The first kappa shape index (κ1) is 18.2. The van der Waals surface area contributed by atoms with Crippen molar-refractivity contribution >= 4 is 25.0 Å². The van der Waals surface area contributed by atoms with Gasteiger partial charge in [0.2, 0.25) is 0 Å². The van der Waals surface area contributed by atoms with Crippen LogP contribution in [0.2, 0.25) is 0 Å². The van der Waals surface area contributed by atoms with Gasteiger partial charge in [-0.1, -0.05) is 18.2 Å². The van der Waals surface area contributed by atoms with Crippen LogP contribution in [0.5, 0.6) is 0 Å². The Bertz CT molecular complexity index is 874. The van der Waals surface area contributed by atoms with Crippen LogP contribution in [-0.4, -0.2) is 34.6 Å². The normalized spacial score (nSPS) is 17.4. The summed E-state index contributed by atoms with van der Waals surface area (Å²) in [6, 6.07) is 17.2. The molecule has 0 bridgehead atoms. The first-order valence-corrected chi connectivity index (χ1v) is 9.89. The summed E-state index contributed by atoms with van der Waals surface area (Å²) < 4.78 is 11.3. The van der Waals surface area contributed by atoms with Crippen LogP contribution < -0.4 is 9.80 Å². The molecular weight excluding hydrogens is 353 g/mol. The molecule has 1 fully saturated rings. The molecule has 2 amide bonds. The minimum absolute atomic E-state index is 0.192. The molecule has 1 aliphatic heterocycles. The molecule has 0 spiro atoms. The summed E-state index contributed by atoms with van der Waals surface area (Å²) in [6.07, 6.45) is -0.0901. The second-order valence-corrected chi connectivity index (χ2v) is 7.86. The van der Waals surface area contributed by atoms with Crippen molar-refractivity contribution in [3.63, 3.8) is 0 Å². The highest BCUT2D eigenvalue weighted by molar-refractivity contribution is 7.51. The van der Waals surface area contributed by atoms with Crippen LogP contribution in [0, 0.1) is 11.3 Å². The molecule has 134 valence electrons. The van der Waals surface area contributed by atoms with Crippen molar-refractivity contribution < 1.29 is 19.1 Å². The van der Waals surface area contributed by atoms with Crippen molar-refractivity contribution in [3.8, 4) is 6.07 Å². The molecule has 1 heterocycles. The Morgan fingerprint density at radius 3 is 2.31 bits per heavy atom. The standard InChI is InChI=1S/C18H18N3O4P/c19-12-14-6-8-15(9-7-14)20-13-17(10-11-26(23,24)25)21(18(20)22)16-4-2-1-3-5-16/h1-9,17H,10-11,13H2,(H2,23,24,25). The lowest BCUT2D eigenvalue weighted by Gasteiger charge is -2.23. The lowest BCUT2D eigenvalue weighted by atomic mass is 10.2. The van der Waals surface area contributed by atoms with Crippen molar-refractivity contribution in [1.82, 2.24) is 0 Å². The first-order chi connectivity index (χ1) is 12.4. The smallest absolute Gasteiger partial charge is 0.324 e. The average Bonchev–Trinajstić information content (AvgIpc) is 2.96. The van der Waals surface area contributed by atoms with Crippen LogP contribution in [0.3, 0.4) is 0 Å². The van der Waals surface area contributed by atoms with Gasteiger partial charge in [-0.2, -0.15) is 5.26 Å². The third-order valence-corrected chi connectivity index (χ3v) is 5.13. The zero-order chi connectivity index (χ0) is 18.7. The topological polar surface area (TPSA) is 105 Å². The maximum Gasteiger partial charge on any atom is 0.329 e. The van der Waals surface area contributed by atoms with E-state index in [0.717, 1.165) is 0 Å². The van der Waals surface area contributed by atoms with Gasteiger partial charge in [-0.05, 0) is 42.8 Å². The van der Waals surface area contributed by atoms with Gasteiger partial charge < -0.3 is 9.79 Å². The van der Waals surface area contributed by atoms with E-state index in [1.807, 2.05) is 24.3 Å². The molecule has 0 aromatic heterocycles. The van der Waals surface area contributed by atoms with Gasteiger partial charge in [-0.25, -0.2) is 4.79 Å². The Kier molecular flexibility index (Phi) is 5.10. The Morgan fingerprint density at radius 1 is 1.08 bits per heavy atom. The Balaban J connectivity index is 1.90. The minimum atomic E-state index is -4.15. The van der Waals surface area contributed by atoms with E-state index in [2.05, 4.69) is 0 Å². The second kappa shape index (κ2) is 7.30. The number of anilines is 2. The van der Waals surface area contributed by atoms with E-state index >= 15 is 0 Å². The molecule has 1 aliphatic rings. The van der Waals surface area contributed by atoms with E-state index in [0.29, 0.717) is 23.5 Å². The average molecular weight is 371 g/mol. The van der Waals surface area contributed by atoms with Gasteiger partial charge in [-0.3, -0.25) is 14.4 Å². The summed E-state index contributed by atoms with van der Waals surface area (Å²) >= 11 is 0. The number of benzene rings is 2. The molecule has 1 saturated heterocycles. The van der Waals surface area contributed by atoms with Crippen LogP contribution in [0.15, 0.2) is 54.6 Å². The number of nitriles is 1. The molecule has 26 heavy (non-hydrogen) atoms. The zero-order valence-electron chi connectivity index (χ0n) is 13.9. The molecule has 2 aromatic carbocycles. The number of para-hydroxylation sites is 1. The monoisotopic (exact) mass is 371 g/mol. The molecule has 1 atom stereocenters. The van der Waals surface area contributed by atoms with Crippen molar-refractivity contribution in [2.45, 2.75) is 12.5 Å². The number of carbonyl (C=O) groups is 1. The van der Waals surface area contributed by atoms with Crippen LogP contribution >= 0.6 is 7.60 Å². The van der Waals surface area contributed by atoms with E-state index in [9.17, 15) is 19.1 Å². The first-order valence-electron chi connectivity index (χ1n) is 8.09. The van der Waals surface area contributed by atoms with E-state index in [4.69, 9.17) is 5.26 Å². The van der Waals surface area contributed by atoms with Gasteiger partial charge in [0, 0.05) is 17.9 Å². The Hall–Kier alpha value is -2.65. The minimum Gasteiger partial charge on any atom is -0.324 e. The van der Waals surface area contributed by atoms with E-state index in [-0.39, 0.29) is 24.7 Å². The van der Waals surface area contributed by atoms with Crippen LogP contribution in [0.4, 0.5) is 16.2 Å². The molecule has 0 radical (unpaired) electrons. The number of urea groups is 1. The zero-order valence-corrected chi connectivity index (χ0v) is 14.8. The van der Waals surface area contributed by atoms with E-state index < -0.39 is 7.60 Å². The molecular formula is C18H18N3O4P. The maximum absolute atomic E-state index is 13.0. The predicted molar refractivity (Wildman–Crippen MR) is 98.1 cm³/mol. The van der Waals surface area contributed by atoms with E-state index in [1.165, 1.54) is 0 Å². The van der Waals surface area contributed by atoms with Crippen molar-refractivity contribution in [2.75, 3.05) is 22.5 Å². The lowest BCUT2D eigenvalue weighted by molar-refractivity contribution is 0.255. The third-order valence-electron chi connectivity index (χ3n) is 4.29. The van der Waals surface area contributed by atoms with Crippen LogP contribution in [0.1, 0.15) is 12.0 Å². The number of rotatable bonds is 5. The molecule has 0 saturated carbocycles. The summed E-state index contributed by atoms with van der Waals surface area (Å²) in [6.45, 7) is 0.319. The SMILES string of the molecule is N#Cc1ccc(N2CC(CCP(=O)(O)O)N(c3ccccc3)C2=O)cc1. The van der Waals surface area contributed by atoms with Gasteiger partial charge in [0.25, 0.3) is 0 Å².